The third-order valence-electron chi connectivity index (χ3n) is 5.27. The van der Waals surface area contributed by atoms with Crippen molar-refractivity contribution in [3.05, 3.63) is 23.5 Å². The molecule has 3 atom stereocenters. The van der Waals surface area contributed by atoms with Crippen molar-refractivity contribution < 1.29 is 9.90 Å². The first-order valence-electron chi connectivity index (χ1n) is 8.31. The minimum absolute atomic E-state index is 0.135. The number of aromatic nitrogens is 1. The van der Waals surface area contributed by atoms with Crippen LogP contribution in [0.25, 0.3) is 0 Å². The van der Waals surface area contributed by atoms with E-state index in [1.165, 1.54) is 12.8 Å². The largest absolute Gasteiger partial charge is 0.393 e. The number of aliphatic hydroxyl groups excluding tert-OH is 1. The molecular weight excluding hydrogens is 264 g/mol. The fourth-order valence-corrected chi connectivity index (χ4v) is 4.07. The molecular formula is C17H26N2O2. The number of likely N-dealkylation sites (tertiary alicyclic amines) is 1. The van der Waals surface area contributed by atoms with E-state index in [1.807, 2.05) is 18.0 Å². The van der Waals surface area contributed by atoms with Crippen LogP contribution >= 0.6 is 0 Å². The number of aliphatic hydroxyl groups is 1. The highest BCUT2D eigenvalue weighted by molar-refractivity contribution is 5.95. The number of carbonyl (C=O) groups is 1. The van der Waals surface area contributed by atoms with Gasteiger partial charge in [0.05, 0.1) is 11.7 Å². The second kappa shape index (κ2) is 6.22. The van der Waals surface area contributed by atoms with E-state index in [9.17, 15) is 9.90 Å². The summed E-state index contributed by atoms with van der Waals surface area (Å²) in [6.45, 7) is 2.80. The van der Waals surface area contributed by atoms with Crippen molar-refractivity contribution in [3.8, 4) is 0 Å². The van der Waals surface area contributed by atoms with Crippen LogP contribution in [0.3, 0.4) is 0 Å². The number of piperidine rings is 1. The predicted octanol–water partition coefficient (Wildman–Crippen LogP) is 2.87. The second-order valence-electron chi connectivity index (χ2n) is 6.63. The van der Waals surface area contributed by atoms with Gasteiger partial charge in [-0.2, -0.15) is 0 Å². The molecule has 1 aromatic heterocycles. The maximum absolute atomic E-state index is 12.9. The smallest absolute Gasteiger partial charge is 0.255 e. The van der Waals surface area contributed by atoms with Gasteiger partial charge in [-0.1, -0.05) is 12.8 Å². The van der Waals surface area contributed by atoms with E-state index < -0.39 is 0 Å². The zero-order valence-electron chi connectivity index (χ0n) is 12.8. The Labute approximate surface area is 126 Å². The van der Waals surface area contributed by atoms with Crippen LogP contribution in [0.1, 0.15) is 60.9 Å². The number of nitrogens with zero attached hydrogens (tertiary/aromatic N) is 1. The van der Waals surface area contributed by atoms with Crippen LogP contribution in [0.2, 0.25) is 0 Å². The summed E-state index contributed by atoms with van der Waals surface area (Å²) >= 11 is 0. The summed E-state index contributed by atoms with van der Waals surface area (Å²) in [6, 6.07) is 0.218. The van der Waals surface area contributed by atoms with Crippen molar-refractivity contribution in [2.24, 2.45) is 5.92 Å². The van der Waals surface area contributed by atoms with E-state index >= 15 is 0 Å². The van der Waals surface area contributed by atoms with Gasteiger partial charge >= 0.3 is 0 Å². The summed E-state index contributed by atoms with van der Waals surface area (Å²) < 4.78 is 0. The second-order valence-corrected chi connectivity index (χ2v) is 6.63. The fraction of sp³-hybridized carbons (Fsp3) is 0.706. The Morgan fingerprint density at radius 1 is 1.19 bits per heavy atom. The molecule has 2 fully saturated rings. The van der Waals surface area contributed by atoms with Gasteiger partial charge in [0.15, 0.2) is 0 Å². The molecule has 0 aromatic carbocycles. The van der Waals surface area contributed by atoms with Gasteiger partial charge in [0.25, 0.3) is 5.91 Å². The van der Waals surface area contributed by atoms with Crippen LogP contribution in [0, 0.1) is 12.8 Å². The molecule has 0 spiro atoms. The molecule has 3 rings (SSSR count). The number of aryl methyl sites for hydroxylation is 1. The highest BCUT2D eigenvalue weighted by Gasteiger charge is 2.38. The molecule has 2 N–H and O–H groups in total. The van der Waals surface area contributed by atoms with Crippen LogP contribution in [0.4, 0.5) is 0 Å². The van der Waals surface area contributed by atoms with E-state index in [1.54, 1.807) is 6.20 Å². The van der Waals surface area contributed by atoms with Gasteiger partial charge in [-0.3, -0.25) is 4.79 Å². The molecule has 2 aliphatic rings. The number of H-pyrrole nitrogens is 1. The number of hydrogen-bond donors (Lipinski definition) is 2. The van der Waals surface area contributed by atoms with Gasteiger partial charge in [0.2, 0.25) is 0 Å². The van der Waals surface area contributed by atoms with E-state index in [0.717, 1.165) is 49.8 Å². The molecule has 2 heterocycles. The molecule has 1 amide bonds. The van der Waals surface area contributed by atoms with Crippen LogP contribution in [0.5, 0.6) is 0 Å². The fourth-order valence-electron chi connectivity index (χ4n) is 4.07. The Morgan fingerprint density at radius 3 is 2.67 bits per heavy atom. The van der Waals surface area contributed by atoms with Gasteiger partial charge in [0, 0.05) is 30.9 Å². The van der Waals surface area contributed by atoms with Crippen molar-refractivity contribution in [1.82, 2.24) is 9.88 Å². The first-order valence-corrected chi connectivity index (χ1v) is 8.31. The summed E-state index contributed by atoms with van der Waals surface area (Å²) in [7, 11) is 0. The third kappa shape index (κ3) is 2.86. The lowest BCUT2D eigenvalue weighted by Gasteiger charge is -2.43. The summed E-state index contributed by atoms with van der Waals surface area (Å²) in [6.07, 6.45) is 11.0. The molecule has 116 valence electrons. The van der Waals surface area contributed by atoms with Crippen LogP contribution in [0.15, 0.2) is 12.4 Å². The van der Waals surface area contributed by atoms with Crippen LogP contribution in [-0.4, -0.2) is 39.6 Å². The summed E-state index contributed by atoms with van der Waals surface area (Å²) in [5.74, 6) is 0.401. The first kappa shape index (κ1) is 14.6. The monoisotopic (exact) mass is 290 g/mol. The summed E-state index contributed by atoms with van der Waals surface area (Å²) in [5.41, 5.74) is 1.79. The Kier molecular flexibility index (Phi) is 4.34. The van der Waals surface area contributed by atoms with Crippen molar-refractivity contribution >= 4 is 5.91 Å². The average molecular weight is 290 g/mol. The Morgan fingerprint density at radius 2 is 1.95 bits per heavy atom. The van der Waals surface area contributed by atoms with E-state index in [-0.39, 0.29) is 24.0 Å². The maximum Gasteiger partial charge on any atom is 0.255 e. The number of amides is 1. The molecule has 0 radical (unpaired) electrons. The van der Waals surface area contributed by atoms with E-state index in [2.05, 4.69) is 4.98 Å². The Balaban J connectivity index is 1.81. The molecule has 4 nitrogen and oxygen atoms in total. The number of hydrogen-bond acceptors (Lipinski definition) is 2. The van der Waals surface area contributed by atoms with Gasteiger partial charge in [-0.05, 0) is 44.6 Å². The predicted molar refractivity (Wildman–Crippen MR) is 82.2 cm³/mol. The zero-order chi connectivity index (χ0) is 14.8. The highest BCUT2D eigenvalue weighted by atomic mass is 16.3. The van der Waals surface area contributed by atoms with Gasteiger partial charge in [-0.15, -0.1) is 0 Å². The van der Waals surface area contributed by atoms with Gasteiger partial charge in [-0.25, -0.2) is 0 Å². The quantitative estimate of drug-likeness (QED) is 0.880. The van der Waals surface area contributed by atoms with Gasteiger partial charge in [0.1, 0.15) is 0 Å². The number of rotatable bonds is 2. The lowest BCUT2D eigenvalue weighted by atomic mass is 9.78. The normalized spacial score (nSPS) is 30.4. The van der Waals surface area contributed by atoms with Crippen molar-refractivity contribution in [1.29, 1.82) is 0 Å². The molecule has 1 saturated carbocycles. The van der Waals surface area contributed by atoms with Crippen molar-refractivity contribution in [3.63, 3.8) is 0 Å². The molecule has 1 saturated heterocycles. The third-order valence-corrected chi connectivity index (χ3v) is 5.27. The molecule has 1 aromatic rings. The minimum Gasteiger partial charge on any atom is -0.393 e. The minimum atomic E-state index is -0.232. The van der Waals surface area contributed by atoms with Crippen LogP contribution < -0.4 is 0 Å². The number of carbonyl (C=O) groups excluding carboxylic acids is 1. The number of aromatic amines is 1. The van der Waals surface area contributed by atoms with Gasteiger partial charge < -0.3 is 15.0 Å². The standard InChI is InChI=1S/C17H26N2O2/c1-12-10-18-11-14(12)17(21)19-9-5-4-7-15(19)13-6-2-3-8-16(13)20/h10-11,13,15-16,18,20H,2-9H2,1H3/t13-,15+,16-/m0/s1. The Hall–Kier alpha value is -1.29. The maximum atomic E-state index is 12.9. The molecule has 0 unspecified atom stereocenters. The summed E-state index contributed by atoms with van der Waals surface area (Å²) in [5, 5.41) is 10.4. The average Bonchev–Trinajstić information content (AvgIpc) is 2.93. The molecule has 0 bridgehead atoms. The molecule has 1 aliphatic heterocycles. The lowest BCUT2D eigenvalue weighted by Crippen LogP contribution is -2.51. The number of nitrogens with one attached hydrogen (secondary N) is 1. The highest BCUT2D eigenvalue weighted by Crippen LogP contribution is 2.34. The SMILES string of the molecule is Cc1c[nH]cc1C(=O)N1CCCC[C@@H]1[C@@H]1CCCC[C@@H]1O. The Bertz CT molecular complexity index is 497. The molecule has 4 heteroatoms. The summed E-state index contributed by atoms with van der Waals surface area (Å²) in [4.78, 5) is 17.9. The van der Waals surface area contributed by atoms with E-state index in [4.69, 9.17) is 0 Å². The van der Waals surface area contributed by atoms with E-state index in [0.29, 0.717) is 0 Å². The van der Waals surface area contributed by atoms with Crippen molar-refractivity contribution in [2.75, 3.05) is 6.54 Å². The molecule has 1 aliphatic carbocycles. The van der Waals surface area contributed by atoms with Crippen molar-refractivity contribution in [2.45, 2.75) is 64.0 Å². The first-order chi connectivity index (χ1) is 10.2. The topological polar surface area (TPSA) is 56.3 Å². The molecule has 21 heavy (non-hydrogen) atoms. The zero-order valence-corrected chi connectivity index (χ0v) is 12.8. The lowest BCUT2D eigenvalue weighted by molar-refractivity contribution is -0.00129. The van der Waals surface area contributed by atoms with Crippen LogP contribution in [-0.2, 0) is 0 Å².